The Morgan fingerprint density at radius 3 is 2.54 bits per heavy atom. The van der Waals surface area contributed by atoms with Crippen molar-refractivity contribution in [2.75, 3.05) is 0 Å². The Morgan fingerprint density at radius 1 is 1.09 bits per heavy atom. The maximum atomic E-state index is 12.3. The standard InChI is InChI=1S/C30H27ClN2O2/c1-4-21-11-12-24(15-23(21)19-34)30(35,20(3)18-32-5-2)25-13-14-28-27(16-25)26(17-29(31)33-28)22-9-7-6-8-10-22/h5,7,9-18,34-35H,4,19H2,1-3H3/b20-18+,32-5?. The molecule has 0 saturated heterocycles. The normalized spacial score (nSPS) is 13.7. The molecule has 1 heterocycles. The number of aliphatic hydroxyl groups excluding tert-OH is 1. The van der Waals surface area contributed by atoms with Crippen molar-refractivity contribution in [3.63, 3.8) is 0 Å². The lowest BCUT2D eigenvalue weighted by atomic mass is 9.79. The summed E-state index contributed by atoms with van der Waals surface area (Å²) in [4.78, 5) is 8.77. The summed E-state index contributed by atoms with van der Waals surface area (Å²) in [7, 11) is 0. The minimum Gasteiger partial charge on any atom is -0.392 e. The first kappa shape index (κ1) is 24.6. The third-order valence-corrected chi connectivity index (χ3v) is 6.52. The van der Waals surface area contributed by atoms with Gasteiger partial charge in [-0.2, -0.15) is 0 Å². The number of benzene rings is 2. The smallest absolute Gasteiger partial charge is 0.138 e. The minimum atomic E-state index is -1.48. The summed E-state index contributed by atoms with van der Waals surface area (Å²) < 4.78 is 0. The molecule has 0 amide bonds. The molecule has 0 saturated carbocycles. The molecule has 0 aliphatic heterocycles. The molecule has 0 aliphatic carbocycles. The van der Waals surface area contributed by atoms with Crippen LogP contribution in [0.3, 0.4) is 0 Å². The van der Waals surface area contributed by atoms with E-state index in [4.69, 9.17) is 11.6 Å². The summed E-state index contributed by atoms with van der Waals surface area (Å²) in [6.07, 6.45) is 4.14. The fourth-order valence-electron chi connectivity index (χ4n) is 4.42. The number of halogens is 1. The molecule has 1 atom stereocenters. The lowest BCUT2D eigenvalue weighted by Gasteiger charge is -2.31. The highest BCUT2D eigenvalue weighted by Gasteiger charge is 2.34. The Hall–Kier alpha value is -3.49. The van der Waals surface area contributed by atoms with Crippen LogP contribution in [-0.2, 0) is 18.6 Å². The topological polar surface area (TPSA) is 65.7 Å². The molecule has 1 aromatic heterocycles. The molecule has 3 aromatic carbocycles. The van der Waals surface area contributed by atoms with Gasteiger partial charge in [-0.3, -0.25) is 4.99 Å². The van der Waals surface area contributed by atoms with E-state index in [2.05, 4.69) is 22.1 Å². The molecule has 0 spiro atoms. The van der Waals surface area contributed by atoms with Crippen LogP contribution >= 0.6 is 11.6 Å². The average Bonchev–Trinajstić information content (AvgIpc) is 2.90. The van der Waals surface area contributed by atoms with E-state index in [1.54, 1.807) is 18.5 Å². The molecule has 35 heavy (non-hydrogen) atoms. The van der Waals surface area contributed by atoms with Crippen molar-refractivity contribution in [1.29, 1.82) is 0 Å². The Labute approximate surface area is 211 Å². The number of aromatic nitrogens is 1. The van der Waals surface area contributed by atoms with Crippen LogP contribution in [0.15, 0.2) is 77.4 Å². The molecule has 5 heteroatoms. The first-order chi connectivity index (χ1) is 16.9. The molecule has 1 unspecified atom stereocenters. The summed E-state index contributed by atoms with van der Waals surface area (Å²) >= 11 is 6.34. The van der Waals surface area contributed by atoms with Crippen LogP contribution < -0.4 is 0 Å². The zero-order valence-electron chi connectivity index (χ0n) is 20.0. The second-order valence-electron chi connectivity index (χ2n) is 8.37. The van der Waals surface area contributed by atoms with Gasteiger partial charge in [0.1, 0.15) is 10.8 Å². The van der Waals surface area contributed by atoms with Crippen LogP contribution in [0.1, 0.15) is 43.0 Å². The fourth-order valence-corrected chi connectivity index (χ4v) is 4.62. The highest BCUT2D eigenvalue weighted by atomic mass is 35.5. The van der Waals surface area contributed by atoms with Gasteiger partial charge in [-0.1, -0.05) is 48.9 Å². The molecule has 176 valence electrons. The van der Waals surface area contributed by atoms with E-state index < -0.39 is 5.60 Å². The maximum Gasteiger partial charge on any atom is 0.138 e. The van der Waals surface area contributed by atoms with Crippen molar-refractivity contribution in [2.24, 2.45) is 4.99 Å². The van der Waals surface area contributed by atoms with Gasteiger partial charge in [-0.15, -0.1) is 0 Å². The van der Waals surface area contributed by atoms with Gasteiger partial charge in [-0.25, -0.2) is 4.98 Å². The van der Waals surface area contributed by atoms with Gasteiger partial charge < -0.3 is 10.2 Å². The number of rotatable bonds is 7. The first-order valence-electron chi connectivity index (χ1n) is 11.5. The van der Waals surface area contributed by atoms with Crippen molar-refractivity contribution >= 4 is 28.7 Å². The van der Waals surface area contributed by atoms with Crippen molar-refractivity contribution < 1.29 is 10.2 Å². The van der Waals surface area contributed by atoms with E-state index in [0.29, 0.717) is 21.9 Å². The molecule has 0 radical (unpaired) electrons. The van der Waals surface area contributed by atoms with Crippen molar-refractivity contribution in [1.82, 2.24) is 4.98 Å². The SMILES string of the molecule is CC=N/C=C(\C)C(O)(c1ccc(CC)c(CO)c1)c1ccc2nc(Cl)cc(-c3cc#ccc3)c2c1. The van der Waals surface area contributed by atoms with Crippen LogP contribution in [0.4, 0.5) is 0 Å². The highest BCUT2D eigenvalue weighted by Crippen LogP contribution is 2.40. The average molecular weight is 483 g/mol. The number of aliphatic hydroxyl groups is 2. The molecule has 0 fully saturated rings. The van der Waals surface area contributed by atoms with E-state index in [0.717, 1.165) is 39.6 Å². The van der Waals surface area contributed by atoms with E-state index >= 15 is 0 Å². The van der Waals surface area contributed by atoms with Gasteiger partial charge in [-0.05, 0) is 102 Å². The molecule has 0 aliphatic rings. The summed E-state index contributed by atoms with van der Waals surface area (Å²) in [5, 5.41) is 23.5. The zero-order chi connectivity index (χ0) is 25.0. The Bertz CT molecular complexity index is 1410. The van der Waals surface area contributed by atoms with Gasteiger partial charge in [0.25, 0.3) is 0 Å². The Kier molecular flexibility index (Phi) is 7.33. The molecule has 4 aromatic rings. The number of nitrogens with zero attached hydrogens (tertiary/aromatic N) is 2. The fraction of sp³-hybridized carbons (Fsp3) is 0.200. The molecular formula is C30H27ClN2O2. The Morgan fingerprint density at radius 2 is 1.86 bits per heavy atom. The predicted octanol–water partition coefficient (Wildman–Crippen LogP) is 6.44. The van der Waals surface area contributed by atoms with E-state index in [1.807, 2.05) is 75.4 Å². The molecule has 0 bridgehead atoms. The molecule has 2 N–H and O–H groups in total. The van der Waals surface area contributed by atoms with Crippen LogP contribution in [0.25, 0.3) is 22.0 Å². The lowest BCUT2D eigenvalue weighted by molar-refractivity contribution is 0.120. The number of aliphatic imine (C=N–C) groups is 1. The number of aryl methyl sites for hydroxylation is 1. The van der Waals surface area contributed by atoms with Gasteiger partial charge >= 0.3 is 0 Å². The lowest BCUT2D eigenvalue weighted by Crippen LogP contribution is -2.29. The third-order valence-electron chi connectivity index (χ3n) is 6.33. The van der Waals surface area contributed by atoms with E-state index in [-0.39, 0.29) is 6.61 Å². The van der Waals surface area contributed by atoms with Gasteiger partial charge in [0.15, 0.2) is 0 Å². The quantitative estimate of drug-likeness (QED) is 0.235. The molecular weight excluding hydrogens is 456 g/mol. The Balaban J connectivity index is 2.00. The predicted molar refractivity (Wildman–Crippen MR) is 143 cm³/mol. The summed E-state index contributed by atoms with van der Waals surface area (Å²) in [6, 6.07) is 24.8. The minimum absolute atomic E-state index is 0.102. The monoisotopic (exact) mass is 482 g/mol. The van der Waals surface area contributed by atoms with Crippen LogP contribution in [0.5, 0.6) is 0 Å². The summed E-state index contributed by atoms with van der Waals surface area (Å²) in [6.45, 7) is 5.62. The molecule has 4 rings (SSSR count). The van der Waals surface area contributed by atoms with Crippen LogP contribution in [0, 0.1) is 12.1 Å². The number of hydrogen-bond acceptors (Lipinski definition) is 4. The molecule has 4 nitrogen and oxygen atoms in total. The van der Waals surface area contributed by atoms with Crippen molar-refractivity contribution in [2.45, 2.75) is 39.4 Å². The van der Waals surface area contributed by atoms with Gasteiger partial charge in [0.2, 0.25) is 0 Å². The maximum absolute atomic E-state index is 12.3. The highest BCUT2D eigenvalue weighted by molar-refractivity contribution is 6.30. The first-order valence-corrected chi connectivity index (χ1v) is 11.9. The van der Waals surface area contributed by atoms with Crippen molar-refractivity contribution in [3.05, 3.63) is 112 Å². The second kappa shape index (κ2) is 10.4. The summed E-state index contributed by atoms with van der Waals surface area (Å²) in [5.74, 6) is 0. The number of hydrogen-bond donors (Lipinski definition) is 2. The zero-order valence-corrected chi connectivity index (χ0v) is 20.8. The van der Waals surface area contributed by atoms with Crippen LogP contribution in [-0.4, -0.2) is 21.4 Å². The largest absolute Gasteiger partial charge is 0.392 e. The second-order valence-corrected chi connectivity index (χ2v) is 8.76. The van der Waals surface area contributed by atoms with Gasteiger partial charge in [0.05, 0.1) is 12.1 Å². The van der Waals surface area contributed by atoms with Crippen LogP contribution in [0.2, 0.25) is 5.15 Å². The number of fused-ring (bicyclic) bond motifs is 1. The summed E-state index contributed by atoms with van der Waals surface area (Å²) in [5.41, 5.74) is 4.86. The van der Waals surface area contributed by atoms with Gasteiger partial charge in [0, 0.05) is 17.8 Å². The number of pyridine rings is 1. The van der Waals surface area contributed by atoms with E-state index in [9.17, 15) is 10.2 Å². The van der Waals surface area contributed by atoms with E-state index in [1.165, 1.54) is 0 Å². The van der Waals surface area contributed by atoms with Crippen molar-refractivity contribution in [3.8, 4) is 11.1 Å². The third kappa shape index (κ3) is 4.72.